The average Bonchev–Trinajstić information content (AvgIpc) is 3.42. The first-order chi connectivity index (χ1) is 14.8. The summed E-state index contributed by atoms with van der Waals surface area (Å²) < 4.78 is 58.7. The number of halogens is 2. The van der Waals surface area contributed by atoms with Crippen LogP contribution < -0.4 is 5.32 Å². The van der Waals surface area contributed by atoms with Crippen LogP contribution in [0.2, 0.25) is 0 Å². The standard InChI is InChI=1S/C20H22F2N4O4S/c21-17(22)20-25-24-19(30-20)12-7-8-13-10-26(31(28,29)16(13)9-12)15-4-2-1-3-14(15)23-18(27)11-5-6-11/h7-9,11,14-15,17H,1-6,10H2,(H,23,27)/t14-,15-/m1/s1. The van der Waals surface area contributed by atoms with Gasteiger partial charge in [-0.3, -0.25) is 4.79 Å². The number of benzene rings is 1. The van der Waals surface area contributed by atoms with Gasteiger partial charge in [-0.2, -0.15) is 13.1 Å². The van der Waals surface area contributed by atoms with Gasteiger partial charge in [0.25, 0.3) is 5.89 Å². The molecular formula is C20H22F2N4O4S. The lowest BCUT2D eigenvalue weighted by molar-refractivity contribution is -0.123. The number of alkyl halides is 2. The molecule has 2 aliphatic carbocycles. The van der Waals surface area contributed by atoms with Gasteiger partial charge in [-0.05, 0) is 43.4 Å². The Bertz CT molecular complexity index is 1120. The Morgan fingerprint density at radius 1 is 1.16 bits per heavy atom. The number of fused-ring (bicyclic) bond motifs is 1. The monoisotopic (exact) mass is 452 g/mol. The van der Waals surface area contributed by atoms with Gasteiger partial charge < -0.3 is 9.73 Å². The molecular weight excluding hydrogens is 430 g/mol. The number of aromatic nitrogens is 2. The van der Waals surface area contributed by atoms with E-state index in [1.54, 1.807) is 12.1 Å². The molecule has 1 aromatic heterocycles. The summed E-state index contributed by atoms with van der Waals surface area (Å²) in [6.45, 7) is 0.213. The minimum atomic E-state index is -3.82. The minimum Gasteiger partial charge on any atom is -0.415 e. The van der Waals surface area contributed by atoms with Crippen molar-refractivity contribution < 1.29 is 26.4 Å². The highest BCUT2D eigenvalue weighted by Crippen LogP contribution is 2.39. The fourth-order valence-corrected chi connectivity index (χ4v) is 6.35. The molecule has 2 heterocycles. The lowest BCUT2D eigenvalue weighted by atomic mass is 9.90. The molecule has 0 spiro atoms. The van der Waals surface area contributed by atoms with Crippen LogP contribution in [-0.4, -0.2) is 40.9 Å². The van der Waals surface area contributed by atoms with Crippen molar-refractivity contribution in [2.24, 2.45) is 5.92 Å². The van der Waals surface area contributed by atoms with E-state index < -0.39 is 22.3 Å². The average molecular weight is 452 g/mol. The van der Waals surface area contributed by atoms with Crippen molar-refractivity contribution in [2.75, 3.05) is 0 Å². The Kier molecular flexibility index (Phi) is 5.04. The maximum atomic E-state index is 13.4. The molecule has 0 saturated heterocycles. The van der Waals surface area contributed by atoms with Crippen molar-refractivity contribution in [1.82, 2.24) is 19.8 Å². The quantitative estimate of drug-likeness (QED) is 0.748. The number of nitrogens with zero attached hydrogens (tertiary/aromatic N) is 3. The molecule has 0 unspecified atom stereocenters. The molecule has 8 nitrogen and oxygen atoms in total. The molecule has 0 radical (unpaired) electrons. The van der Waals surface area contributed by atoms with Crippen LogP contribution in [0, 0.1) is 5.92 Å². The van der Waals surface area contributed by atoms with Crippen molar-refractivity contribution in [3.63, 3.8) is 0 Å². The van der Waals surface area contributed by atoms with Gasteiger partial charge >= 0.3 is 6.43 Å². The van der Waals surface area contributed by atoms with Crippen molar-refractivity contribution in [3.05, 3.63) is 29.7 Å². The molecule has 1 aliphatic heterocycles. The number of carbonyl (C=O) groups excluding carboxylic acids is 1. The molecule has 0 bridgehead atoms. The summed E-state index contributed by atoms with van der Waals surface area (Å²) >= 11 is 0. The van der Waals surface area contributed by atoms with Crippen LogP contribution in [0.25, 0.3) is 11.5 Å². The summed E-state index contributed by atoms with van der Waals surface area (Å²) in [6.07, 6.45) is 2.15. The van der Waals surface area contributed by atoms with Crippen LogP contribution in [-0.2, 0) is 21.4 Å². The predicted octanol–water partition coefficient (Wildman–Crippen LogP) is 3.02. The van der Waals surface area contributed by atoms with Crippen molar-refractivity contribution in [3.8, 4) is 11.5 Å². The van der Waals surface area contributed by atoms with Crippen LogP contribution >= 0.6 is 0 Å². The largest absolute Gasteiger partial charge is 0.415 e. The number of sulfonamides is 1. The second kappa shape index (κ2) is 7.63. The smallest absolute Gasteiger partial charge is 0.314 e. The maximum Gasteiger partial charge on any atom is 0.314 e. The number of nitrogens with one attached hydrogen (secondary N) is 1. The predicted molar refractivity (Wildman–Crippen MR) is 104 cm³/mol. The molecule has 2 aromatic rings. The number of hydrogen-bond acceptors (Lipinski definition) is 6. The molecule has 2 atom stereocenters. The Morgan fingerprint density at radius 2 is 1.94 bits per heavy atom. The van der Waals surface area contributed by atoms with E-state index in [0.717, 1.165) is 32.1 Å². The zero-order valence-corrected chi connectivity index (χ0v) is 17.4. The van der Waals surface area contributed by atoms with Gasteiger partial charge in [-0.15, -0.1) is 10.2 Å². The molecule has 3 aliphatic rings. The van der Waals surface area contributed by atoms with Gasteiger partial charge in [0.2, 0.25) is 21.8 Å². The molecule has 11 heteroatoms. The van der Waals surface area contributed by atoms with E-state index in [2.05, 4.69) is 15.5 Å². The third-order valence-electron chi connectivity index (χ3n) is 6.23. The summed E-state index contributed by atoms with van der Waals surface area (Å²) in [6, 6.07) is 4.11. The summed E-state index contributed by atoms with van der Waals surface area (Å²) in [5, 5.41) is 9.98. The lowest BCUT2D eigenvalue weighted by Crippen LogP contribution is -2.53. The first kappa shape index (κ1) is 20.5. The molecule has 1 aromatic carbocycles. The molecule has 5 rings (SSSR count). The van der Waals surface area contributed by atoms with Gasteiger partial charge in [0.05, 0.1) is 4.90 Å². The van der Waals surface area contributed by atoms with Gasteiger partial charge in [0.15, 0.2) is 0 Å². The van der Waals surface area contributed by atoms with Crippen LogP contribution in [0.3, 0.4) is 0 Å². The topological polar surface area (TPSA) is 105 Å². The van der Waals surface area contributed by atoms with Crippen LogP contribution in [0.4, 0.5) is 8.78 Å². The molecule has 2 fully saturated rings. The number of carbonyl (C=O) groups is 1. The molecule has 1 amide bonds. The van der Waals surface area contributed by atoms with E-state index in [9.17, 15) is 22.0 Å². The Balaban J connectivity index is 1.42. The zero-order chi connectivity index (χ0) is 21.8. The summed E-state index contributed by atoms with van der Waals surface area (Å²) in [5.74, 6) is -0.889. The third kappa shape index (κ3) is 3.73. The second-order valence-electron chi connectivity index (χ2n) is 8.36. The molecule has 166 valence electrons. The Morgan fingerprint density at radius 3 is 2.65 bits per heavy atom. The van der Waals surface area contributed by atoms with Crippen molar-refractivity contribution in [2.45, 2.75) is 68.5 Å². The van der Waals surface area contributed by atoms with Gasteiger partial charge in [0.1, 0.15) is 0 Å². The van der Waals surface area contributed by atoms with Crippen LogP contribution in [0.1, 0.15) is 56.4 Å². The van der Waals surface area contributed by atoms with E-state index in [4.69, 9.17) is 4.42 Å². The minimum absolute atomic E-state index is 0.0134. The SMILES string of the molecule is O=C(N[C@@H]1CCCC[C@H]1N1Cc2ccc(-c3nnc(C(F)F)o3)cc2S1(=O)=O)C1CC1. The summed E-state index contributed by atoms with van der Waals surface area (Å²) in [5.41, 5.74) is 0.890. The van der Waals surface area contributed by atoms with Gasteiger partial charge in [0, 0.05) is 30.1 Å². The zero-order valence-electron chi connectivity index (χ0n) is 16.6. The van der Waals surface area contributed by atoms with Crippen molar-refractivity contribution in [1.29, 1.82) is 0 Å². The van der Waals surface area contributed by atoms with E-state index in [-0.39, 0.29) is 46.8 Å². The summed E-state index contributed by atoms with van der Waals surface area (Å²) in [4.78, 5) is 12.4. The summed E-state index contributed by atoms with van der Waals surface area (Å²) in [7, 11) is -3.82. The normalized spacial score (nSPS) is 25.5. The van der Waals surface area contributed by atoms with Gasteiger partial charge in [-0.1, -0.05) is 18.9 Å². The first-order valence-electron chi connectivity index (χ1n) is 10.4. The fourth-order valence-electron chi connectivity index (χ4n) is 4.44. The fraction of sp³-hybridized carbons (Fsp3) is 0.550. The third-order valence-corrected chi connectivity index (χ3v) is 8.18. The van der Waals surface area contributed by atoms with Crippen LogP contribution in [0.5, 0.6) is 0 Å². The highest BCUT2D eigenvalue weighted by atomic mass is 32.2. The van der Waals surface area contributed by atoms with Crippen LogP contribution in [0.15, 0.2) is 27.5 Å². The molecule has 2 saturated carbocycles. The first-order valence-corrected chi connectivity index (χ1v) is 11.9. The highest BCUT2D eigenvalue weighted by molar-refractivity contribution is 7.89. The maximum absolute atomic E-state index is 13.4. The van der Waals surface area contributed by atoms with Gasteiger partial charge in [-0.25, -0.2) is 8.42 Å². The second-order valence-corrected chi connectivity index (χ2v) is 10.2. The number of hydrogen-bond donors (Lipinski definition) is 1. The molecule has 31 heavy (non-hydrogen) atoms. The Labute approximate surface area is 178 Å². The van der Waals surface area contributed by atoms with E-state index in [0.29, 0.717) is 12.0 Å². The Hall–Kier alpha value is -2.40. The van der Waals surface area contributed by atoms with E-state index >= 15 is 0 Å². The lowest BCUT2D eigenvalue weighted by Gasteiger charge is -2.37. The van der Waals surface area contributed by atoms with Crippen molar-refractivity contribution >= 4 is 15.9 Å². The number of rotatable bonds is 5. The van der Waals surface area contributed by atoms with E-state index in [1.807, 2.05) is 0 Å². The highest BCUT2D eigenvalue weighted by Gasteiger charge is 2.44. The number of amides is 1. The van der Waals surface area contributed by atoms with E-state index in [1.165, 1.54) is 10.4 Å². The molecule has 1 N–H and O–H groups in total.